The van der Waals surface area contributed by atoms with Gasteiger partial charge in [0.15, 0.2) is 0 Å². The Hall–Kier alpha value is -2.15. The highest BCUT2D eigenvalue weighted by Gasteiger charge is 2.25. The van der Waals surface area contributed by atoms with Gasteiger partial charge in [-0.15, -0.1) is 0 Å². The highest BCUT2D eigenvalue weighted by Crippen LogP contribution is 2.17. The number of carbonyl (C=O) groups is 2. The minimum Gasteiger partial charge on any atom is -0.398 e. The van der Waals surface area contributed by atoms with Gasteiger partial charge in [0.1, 0.15) is 12.4 Å². The van der Waals surface area contributed by atoms with E-state index >= 15 is 0 Å². The van der Waals surface area contributed by atoms with Gasteiger partial charge >= 0.3 is 0 Å². The maximum absolute atomic E-state index is 13.2. The predicted octanol–water partition coefficient (Wildman–Crippen LogP) is 0.339. The van der Waals surface area contributed by atoms with Gasteiger partial charge < -0.3 is 20.3 Å². The van der Waals surface area contributed by atoms with Crippen LogP contribution in [0.4, 0.5) is 10.1 Å². The molecule has 0 bridgehead atoms. The van der Waals surface area contributed by atoms with Crippen LogP contribution in [0.2, 0.25) is 0 Å². The fourth-order valence-corrected chi connectivity index (χ4v) is 2.26. The summed E-state index contributed by atoms with van der Waals surface area (Å²) in [5.74, 6) is -0.915. The minimum atomic E-state index is -0.499. The van der Waals surface area contributed by atoms with Crippen LogP contribution in [-0.4, -0.2) is 61.5 Å². The molecule has 0 radical (unpaired) electrons. The standard InChI is InChI=1S/C14H18FN3O3/c1-21-9-13(19)17-4-6-18(7-5-17)14(20)11-8-10(15)2-3-12(11)16/h2-3,8H,4-7,9,16H2,1H3. The van der Waals surface area contributed by atoms with E-state index in [1.807, 2.05) is 0 Å². The van der Waals surface area contributed by atoms with E-state index in [0.29, 0.717) is 26.2 Å². The third-order valence-corrected chi connectivity index (χ3v) is 3.43. The monoisotopic (exact) mass is 295 g/mol. The van der Waals surface area contributed by atoms with Crippen LogP contribution >= 0.6 is 0 Å². The van der Waals surface area contributed by atoms with Gasteiger partial charge in [0.05, 0.1) is 5.56 Å². The van der Waals surface area contributed by atoms with E-state index in [2.05, 4.69) is 0 Å². The molecule has 0 unspecified atom stereocenters. The Morgan fingerprint density at radius 2 is 1.86 bits per heavy atom. The van der Waals surface area contributed by atoms with Gasteiger partial charge in [-0.3, -0.25) is 9.59 Å². The average molecular weight is 295 g/mol. The lowest BCUT2D eigenvalue weighted by Gasteiger charge is -2.34. The van der Waals surface area contributed by atoms with Crippen molar-refractivity contribution in [3.8, 4) is 0 Å². The van der Waals surface area contributed by atoms with Crippen molar-refractivity contribution in [3.63, 3.8) is 0 Å². The number of ether oxygens (including phenoxy) is 1. The van der Waals surface area contributed by atoms with E-state index in [1.165, 1.54) is 19.2 Å². The molecule has 0 aromatic heterocycles. The molecule has 1 fully saturated rings. The van der Waals surface area contributed by atoms with E-state index in [9.17, 15) is 14.0 Å². The van der Waals surface area contributed by atoms with Crippen molar-refractivity contribution in [2.75, 3.05) is 45.6 Å². The zero-order valence-corrected chi connectivity index (χ0v) is 11.8. The molecule has 1 aliphatic heterocycles. The zero-order valence-electron chi connectivity index (χ0n) is 11.8. The van der Waals surface area contributed by atoms with Crippen molar-refractivity contribution in [2.24, 2.45) is 0 Å². The number of amides is 2. The molecule has 0 saturated carbocycles. The Labute approximate surface area is 122 Å². The number of nitrogen functional groups attached to an aromatic ring is 1. The lowest BCUT2D eigenvalue weighted by molar-refractivity contribution is -0.136. The molecule has 1 saturated heterocycles. The molecule has 7 heteroatoms. The fourth-order valence-electron chi connectivity index (χ4n) is 2.26. The molecule has 1 aliphatic rings. The molecule has 1 heterocycles. The van der Waals surface area contributed by atoms with Crippen LogP contribution in [0.5, 0.6) is 0 Å². The summed E-state index contributed by atoms with van der Waals surface area (Å²) in [6.45, 7) is 1.69. The van der Waals surface area contributed by atoms with Gasteiger partial charge in [0.25, 0.3) is 5.91 Å². The molecule has 0 spiro atoms. The lowest BCUT2D eigenvalue weighted by atomic mass is 10.1. The predicted molar refractivity (Wildman–Crippen MR) is 75.2 cm³/mol. The largest absolute Gasteiger partial charge is 0.398 e. The molecular weight excluding hydrogens is 277 g/mol. The quantitative estimate of drug-likeness (QED) is 0.816. The van der Waals surface area contributed by atoms with Crippen LogP contribution in [0.1, 0.15) is 10.4 Å². The molecule has 0 atom stereocenters. The van der Waals surface area contributed by atoms with Crippen molar-refractivity contribution >= 4 is 17.5 Å². The minimum absolute atomic E-state index is 0.0325. The number of rotatable bonds is 3. The third-order valence-electron chi connectivity index (χ3n) is 3.43. The third kappa shape index (κ3) is 3.49. The van der Waals surface area contributed by atoms with Crippen molar-refractivity contribution in [2.45, 2.75) is 0 Å². The number of piperazine rings is 1. The van der Waals surface area contributed by atoms with Crippen molar-refractivity contribution in [1.29, 1.82) is 0 Å². The second-order valence-corrected chi connectivity index (χ2v) is 4.84. The SMILES string of the molecule is COCC(=O)N1CCN(C(=O)c2cc(F)ccc2N)CC1. The summed E-state index contributed by atoms with van der Waals surface area (Å²) in [5.41, 5.74) is 6.13. The number of nitrogens with zero attached hydrogens (tertiary/aromatic N) is 2. The zero-order chi connectivity index (χ0) is 15.4. The van der Waals surface area contributed by atoms with E-state index in [0.717, 1.165) is 6.07 Å². The maximum Gasteiger partial charge on any atom is 0.256 e. The number of nitrogens with two attached hydrogens (primary N) is 1. The van der Waals surface area contributed by atoms with Gasteiger partial charge in [0.2, 0.25) is 5.91 Å². The highest BCUT2D eigenvalue weighted by molar-refractivity contribution is 5.99. The Balaban J connectivity index is 2.00. The van der Waals surface area contributed by atoms with Gasteiger partial charge in [-0.1, -0.05) is 0 Å². The first-order chi connectivity index (χ1) is 10.0. The fraction of sp³-hybridized carbons (Fsp3) is 0.429. The first kappa shape index (κ1) is 15.2. The molecule has 114 valence electrons. The summed E-state index contributed by atoms with van der Waals surface area (Å²) < 4.78 is 18.0. The maximum atomic E-state index is 13.2. The van der Waals surface area contributed by atoms with Gasteiger partial charge in [-0.25, -0.2) is 4.39 Å². The Bertz CT molecular complexity index is 542. The first-order valence-electron chi connectivity index (χ1n) is 6.64. The number of carbonyl (C=O) groups excluding carboxylic acids is 2. The molecule has 0 aliphatic carbocycles. The highest BCUT2D eigenvalue weighted by atomic mass is 19.1. The number of benzene rings is 1. The molecule has 2 N–H and O–H groups in total. The smallest absolute Gasteiger partial charge is 0.256 e. The van der Waals surface area contributed by atoms with Crippen LogP contribution in [0.25, 0.3) is 0 Å². The number of anilines is 1. The Kier molecular flexibility index (Phi) is 4.74. The molecule has 6 nitrogen and oxygen atoms in total. The topological polar surface area (TPSA) is 75.9 Å². The summed E-state index contributed by atoms with van der Waals surface area (Å²) >= 11 is 0. The summed E-state index contributed by atoms with van der Waals surface area (Å²) in [4.78, 5) is 27.2. The van der Waals surface area contributed by atoms with Crippen LogP contribution in [-0.2, 0) is 9.53 Å². The number of hydrogen-bond donors (Lipinski definition) is 1. The number of hydrogen-bond acceptors (Lipinski definition) is 4. The van der Waals surface area contributed by atoms with Crippen LogP contribution < -0.4 is 5.73 Å². The second kappa shape index (κ2) is 6.53. The van der Waals surface area contributed by atoms with Gasteiger partial charge in [-0.05, 0) is 18.2 Å². The van der Waals surface area contributed by atoms with Crippen LogP contribution in [0.3, 0.4) is 0 Å². The van der Waals surface area contributed by atoms with Crippen molar-refractivity contribution < 1.29 is 18.7 Å². The van der Waals surface area contributed by atoms with Crippen LogP contribution in [0, 0.1) is 5.82 Å². The van der Waals surface area contributed by atoms with Gasteiger partial charge in [0, 0.05) is 39.0 Å². The van der Waals surface area contributed by atoms with E-state index in [-0.39, 0.29) is 29.7 Å². The lowest BCUT2D eigenvalue weighted by Crippen LogP contribution is -2.51. The summed E-state index contributed by atoms with van der Waals surface area (Å²) in [5, 5.41) is 0. The molecular formula is C14H18FN3O3. The second-order valence-electron chi connectivity index (χ2n) is 4.84. The van der Waals surface area contributed by atoms with E-state index < -0.39 is 5.82 Å². The molecule has 2 amide bonds. The van der Waals surface area contributed by atoms with Crippen LogP contribution in [0.15, 0.2) is 18.2 Å². The molecule has 2 rings (SSSR count). The molecule has 1 aromatic carbocycles. The average Bonchev–Trinajstić information content (AvgIpc) is 2.49. The normalized spacial score (nSPS) is 15.1. The van der Waals surface area contributed by atoms with Crippen molar-refractivity contribution in [1.82, 2.24) is 9.80 Å². The van der Waals surface area contributed by atoms with Gasteiger partial charge in [-0.2, -0.15) is 0 Å². The van der Waals surface area contributed by atoms with E-state index in [4.69, 9.17) is 10.5 Å². The van der Waals surface area contributed by atoms with E-state index in [1.54, 1.807) is 9.80 Å². The molecule has 21 heavy (non-hydrogen) atoms. The Morgan fingerprint density at radius 1 is 1.24 bits per heavy atom. The number of methoxy groups -OCH3 is 1. The first-order valence-corrected chi connectivity index (χ1v) is 6.64. The van der Waals surface area contributed by atoms with Crippen molar-refractivity contribution in [3.05, 3.63) is 29.6 Å². The summed E-state index contributed by atoms with van der Waals surface area (Å²) in [6.07, 6.45) is 0. The number of halogens is 1. The molecule has 1 aromatic rings. The summed E-state index contributed by atoms with van der Waals surface area (Å²) in [6, 6.07) is 3.73. The summed E-state index contributed by atoms with van der Waals surface area (Å²) in [7, 11) is 1.46. The Morgan fingerprint density at radius 3 is 2.48 bits per heavy atom.